The van der Waals surface area contributed by atoms with E-state index < -0.39 is 11.7 Å². The van der Waals surface area contributed by atoms with Crippen LogP contribution in [0, 0.1) is 5.82 Å². The molecule has 0 atom stereocenters. The van der Waals surface area contributed by atoms with Crippen molar-refractivity contribution in [1.29, 1.82) is 0 Å². The van der Waals surface area contributed by atoms with Gasteiger partial charge in [-0.05, 0) is 26.0 Å². The van der Waals surface area contributed by atoms with Crippen molar-refractivity contribution in [1.82, 2.24) is 10.2 Å². The number of rotatable bonds is 6. The minimum absolute atomic E-state index is 0.0354. The first-order valence-corrected chi connectivity index (χ1v) is 6.67. The lowest BCUT2D eigenvalue weighted by atomic mass is 10.2. The van der Waals surface area contributed by atoms with Crippen LogP contribution in [0.3, 0.4) is 0 Å². The molecule has 1 amide bonds. The summed E-state index contributed by atoms with van der Waals surface area (Å²) in [4.78, 5) is 17.8. The second kappa shape index (κ2) is 8.14. The number of carbonyl (C=O) groups excluding carboxylic acids is 1. The van der Waals surface area contributed by atoms with Gasteiger partial charge in [0.1, 0.15) is 5.82 Å². The monoisotopic (exact) mass is 280 g/mol. The molecule has 0 aliphatic carbocycles. The SMILES string of the molecule is CCN(CC)C(N)=NCCNC(=O)c1ccccc1F. The summed E-state index contributed by atoms with van der Waals surface area (Å²) in [6, 6.07) is 5.86. The van der Waals surface area contributed by atoms with E-state index in [-0.39, 0.29) is 5.56 Å². The van der Waals surface area contributed by atoms with Crippen LogP contribution in [0.25, 0.3) is 0 Å². The highest BCUT2D eigenvalue weighted by atomic mass is 19.1. The van der Waals surface area contributed by atoms with Crippen molar-refractivity contribution < 1.29 is 9.18 Å². The Morgan fingerprint density at radius 3 is 2.60 bits per heavy atom. The number of amides is 1. The molecule has 0 aliphatic rings. The molecule has 5 nitrogen and oxygen atoms in total. The summed E-state index contributed by atoms with van der Waals surface area (Å²) in [6.45, 7) is 6.23. The molecule has 0 aliphatic heterocycles. The van der Waals surface area contributed by atoms with Gasteiger partial charge in [-0.15, -0.1) is 0 Å². The Morgan fingerprint density at radius 1 is 1.35 bits per heavy atom. The molecule has 0 saturated heterocycles. The van der Waals surface area contributed by atoms with Gasteiger partial charge in [0.15, 0.2) is 5.96 Å². The highest BCUT2D eigenvalue weighted by Gasteiger charge is 2.09. The molecule has 20 heavy (non-hydrogen) atoms. The number of nitrogens with two attached hydrogens (primary N) is 1. The molecule has 0 radical (unpaired) electrons. The number of benzene rings is 1. The first-order chi connectivity index (χ1) is 9.60. The number of aliphatic imine (C=N–C) groups is 1. The highest BCUT2D eigenvalue weighted by Crippen LogP contribution is 2.05. The Bertz CT molecular complexity index is 472. The van der Waals surface area contributed by atoms with Crippen LogP contribution >= 0.6 is 0 Å². The van der Waals surface area contributed by atoms with Gasteiger partial charge in [0.05, 0.1) is 12.1 Å². The van der Waals surface area contributed by atoms with E-state index in [4.69, 9.17) is 5.73 Å². The highest BCUT2D eigenvalue weighted by molar-refractivity contribution is 5.94. The summed E-state index contributed by atoms with van der Waals surface area (Å²) in [5.41, 5.74) is 5.83. The van der Waals surface area contributed by atoms with Crippen molar-refractivity contribution in [3.8, 4) is 0 Å². The van der Waals surface area contributed by atoms with Gasteiger partial charge in [-0.3, -0.25) is 9.79 Å². The molecular weight excluding hydrogens is 259 g/mol. The molecule has 6 heteroatoms. The third-order valence-electron chi connectivity index (χ3n) is 2.88. The van der Waals surface area contributed by atoms with Crippen LogP contribution in [0.4, 0.5) is 4.39 Å². The summed E-state index contributed by atoms with van der Waals surface area (Å²) in [6.07, 6.45) is 0. The van der Waals surface area contributed by atoms with Crippen molar-refractivity contribution in [2.45, 2.75) is 13.8 Å². The Labute approximate surface area is 118 Å². The zero-order valence-electron chi connectivity index (χ0n) is 11.9. The predicted molar refractivity (Wildman–Crippen MR) is 78.1 cm³/mol. The molecule has 1 aromatic rings. The Balaban J connectivity index is 2.43. The number of hydrogen-bond acceptors (Lipinski definition) is 2. The average molecular weight is 280 g/mol. The molecular formula is C14H21FN4O. The van der Waals surface area contributed by atoms with Gasteiger partial charge in [0.25, 0.3) is 5.91 Å². The van der Waals surface area contributed by atoms with Crippen LogP contribution < -0.4 is 11.1 Å². The maximum Gasteiger partial charge on any atom is 0.254 e. The van der Waals surface area contributed by atoms with E-state index in [9.17, 15) is 9.18 Å². The zero-order chi connectivity index (χ0) is 15.0. The van der Waals surface area contributed by atoms with Gasteiger partial charge < -0.3 is 16.0 Å². The number of nitrogens with zero attached hydrogens (tertiary/aromatic N) is 2. The zero-order valence-corrected chi connectivity index (χ0v) is 11.9. The standard InChI is InChI=1S/C14H21FN4O/c1-3-19(4-2)14(16)18-10-9-17-13(20)11-7-5-6-8-12(11)15/h5-8H,3-4,9-10H2,1-2H3,(H2,16,18)(H,17,20). The van der Waals surface area contributed by atoms with Gasteiger partial charge in [-0.2, -0.15) is 0 Å². The fraction of sp³-hybridized carbons (Fsp3) is 0.429. The largest absolute Gasteiger partial charge is 0.370 e. The molecule has 0 heterocycles. The molecule has 110 valence electrons. The number of hydrogen-bond donors (Lipinski definition) is 2. The predicted octanol–water partition coefficient (Wildman–Crippen LogP) is 1.21. The third-order valence-corrected chi connectivity index (χ3v) is 2.88. The molecule has 0 aromatic heterocycles. The van der Waals surface area contributed by atoms with Crippen molar-refractivity contribution in [3.63, 3.8) is 0 Å². The number of halogens is 1. The summed E-state index contributed by atoms with van der Waals surface area (Å²) < 4.78 is 13.4. The smallest absolute Gasteiger partial charge is 0.254 e. The Kier molecular flexibility index (Phi) is 6.49. The minimum atomic E-state index is -0.531. The topological polar surface area (TPSA) is 70.7 Å². The quantitative estimate of drug-likeness (QED) is 0.467. The van der Waals surface area contributed by atoms with Crippen molar-refractivity contribution in [2.24, 2.45) is 10.7 Å². The van der Waals surface area contributed by atoms with Gasteiger partial charge in [0.2, 0.25) is 0 Å². The summed E-state index contributed by atoms with van der Waals surface area (Å²) >= 11 is 0. The molecule has 0 saturated carbocycles. The van der Waals surface area contributed by atoms with Gasteiger partial charge in [0, 0.05) is 19.6 Å². The second-order valence-electron chi connectivity index (χ2n) is 4.15. The van der Waals surface area contributed by atoms with E-state index in [1.54, 1.807) is 12.1 Å². The minimum Gasteiger partial charge on any atom is -0.370 e. The van der Waals surface area contributed by atoms with E-state index >= 15 is 0 Å². The van der Waals surface area contributed by atoms with E-state index in [2.05, 4.69) is 10.3 Å². The van der Waals surface area contributed by atoms with Crippen LogP contribution in [0.2, 0.25) is 0 Å². The normalized spacial score (nSPS) is 11.2. The van der Waals surface area contributed by atoms with E-state index in [0.29, 0.717) is 19.0 Å². The molecule has 0 unspecified atom stereocenters. The van der Waals surface area contributed by atoms with Crippen LogP contribution in [0.15, 0.2) is 29.3 Å². The summed E-state index contributed by atoms with van der Waals surface area (Å²) in [5, 5.41) is 2.61. The maximum atomic E-state index is 13.4. The molecule has 0 fully saturated rings. The lowest BCUT2D eigenvalue weighted by molar-refractivity contribution is 0.0951. The van der Waals surface area contributed by atoms with Gasteiger partial charge in [-0.1, -0.05) is 12.1 Å². The van der Waals surface area contributed by atoms with Crippen LogP contribution in [0.5, 0.6) is 0 Å². The van der Waals surface area contributed by atoms with Crippen molar-refractivity contribution >= 4 is 11.9 Å². The lowest BCUT2D eigenvalue weighted by Crippen LogP contribution is -2.37. The maximum absolute atomic E-state index is 13.4. The van der Waals surface area contributed by atoms with Crippen molar-refractivity contribution in [2.75, 3.05) is 26.2 Å². The van der Waals surface area contributed by atoms with Gasteiger partial charge >= 0.3 is 0 Å². The van der Waals surface area contributed by atoms with Gasteiger partial charge in [-0.25, -0.2) is 4.39 Å². The number of guanidine groups is 1. The number of carbonyl (C=O) groups is 1. The van der Waals surface area contributed by atoms with Crippen LogP contribution in [-0.4, -0.2) is 42.9 Å². The van der Waals surface area contributed by atoms with Crippen molar-refractivity contribution in [3.05, 3.63) is 35.6 Å². The number of nitrogens with one attached hydrogen (secondary N) is 1. The Hall–Kier alpha value is -2.11. The van der Waals surface area contributed by atoms with Crippen LogP contribution in [0.1, 0.15) is 24.2 Å². The molecule has 1 aromatic carbocycles. The van der Waals surface area contributed by atoms with E-state index in [1.165, 1.54) is 12.1 Å². The fourth-order valence-corrected chi connectivity index (χ4v) is 1.73. The molecule has 0 spiro atoms. The Morgan fingerprint density at radius 2 is 2.00 bits per heavy atom. The summed E-state index contributed by atoms with van der Waals surface area (Å²) in [5.74, 6) is -0.522. The first-order valence-electron chi connectivity index (χ1n) is 6.67. The summed E-state index contributed by atoms with van der Waals surface area (Å²) in [7, 11) is 0. The van der Waals surface area contributed by atoms with E-state index in [0.717, 1.165) is 13.1 Å². The van der Waals surface area contributed by atoms with E-state index in [1.807, 2.05) is 18.7 Å². The van der Waals surface area contributed by atoms with Crippen LogP contribution in [-0.2, 0) is 0 Å². The average Bonchev–Trinajstić information content (AvgIpc) is 2.45. The second-order valence-corrected chi connectivity index (χ2v) is 4.15. The first kappa shape index (κ1) is 15.9. The third kappa shape index (κ3) is 4.53. The fourth-order valence-electron chi connectivity index (χ4n) is 1.73. The lowest BCUT2D eigenvalue weighted by Gasteiger charge is -2.19. The molecule has 3 N–H and O–H groups in total. The molecule has 0 bridgehead atoms. The molecule has 1 rings (SSSR count).